The molecule has 1 aliphatic heterocycles. The minimum absolute atomic E-state index is 0.153. The van der Waals surface area contributed by atoms with Gasteiger partial charge in [-0.1, -0.05) is 30.3 Å². The van der Waals surface area contributed by atoms with Gasteiger partial charge in [0.25, 0.3) is 21.6 Å². The molecule has 31 heavy (non-hydrogen) atoms. The topological polar surface area (TPSA) is 110 Å². The first-order chi connectivity index (χ1) is 14.8. The van der Waals surface area contributed by atoms with Crippen LogP contribution in [-0.4, -0.2) is 25.8 Å². The molecule has 0 atom stereocenters. The third-order valence-electron chi connectivity index (χ3n) is 5.06. The first kappa shape index (κ1) is 20.5. The highest BCUT2D eigenvalue weighted by Crippen LogP contribution is 2.32. The Hall–Kier alpha value is -3.72. The molecule has 0 bridgehead atoms. The Balaban J connectivity index is 1.65. The summed E-state index contributed by atoms with van der Waals surface area (Å²) in [5.41, 5.74) is 2.12. The van der Waals surface area contributed by atoms with Gasteiger partial charge in [0.2, 0.25) is 0 Å². The van der Waals surface area contributed by atoms with Crippen LogP contribution in [0.4, 0.5) is 17.1 Å². The maximum Gasteiger partial charge on any atom is 0.270 e. The number of nitro groups is 1. The number of hydrogen-bond donors (Lipinski definition) is 1. The van der Waals surface area contributed by atoms with E-state index in [4.69, 9.17) is 0 Å². The Morgan fingerprint density at radius 3 is 2.52 bits per heavy atom. The Morgan fingerprint density at radius 1 is 1.00 bits per heavy atom. The minimum Gasteiger partial charge on any atom is -0.308 e. The quantitative estimate of drug-likeness (QED) is 0.479. The third-order valence-corrected chi connectivity index (χ3v) is 6.44. The highest BCUT2D eigenvalue weighted by molar-refractivity contribution is 7.92. The van der Waals surface area contributed by atoms with Crippen molar-refractivity contribution in [1.29, 1.82) is 0 Å². The fraction of sp³-hybridized carbons (Fsp3) is 0.136. The van der Waals surface area contributed by atoms with Crippen LogP contribution in [0.2, 0.25) is 0 Å². The summed E-state index contributed by atoms with van der Waals surface area (Å²) >= 11 is 0. The van der Waals surface area contributed by atoms with E-state index in [1.807, 2.05) is 6.07 Å². The van der Waals surface area contributed by atoms with E-state index in [0.29, 0.717) is 17.8 Å². The zero-order chi connectivity index (χ0) is 22.0. The van der Waals surface area contributed by atoms with Crippen molar-refractivity contribution in [3.63, 3.8) is 0 Å². The van der Waals surface area contributed by atoms with Crippen LogP contribution >= 0.6 is 0 Å². The Morgan fingerprint density at radius 2 is 1.77 bits per heavy atom. The molecule has 1 N–H and O–H groups in total. The highest BCUT2D eigenvalue weighted by atomic mass is 32.2. The molecule has 0 spiro atoms. The van der Waals surface area contributed by atoms with Gasteiger partial charge in [-0.3, -0.25) is 19.6 Å². The smallest absolute Gasteiger partial charge is 0.270 e. The summed E-state index contributed by atoms with van der Waals surface area (Å²) in [5.74, 6) is -0.153. The second kappa shape index (κ2) is 8.19. The van der Waals surface area contributed by atoms with Crippen molar-refractivity contribution < 1.29 is 18.1 Å². The molecule has 158 valence electrons. The van der Waals surface area contributed by atoms with Gasteiger partial charge in [-0.2, -0.15) is 0 Å². The summed E-state index contributed by atoms with van der Waals surface area (Å²) in [4.78, 5) is 24.8. The van der Waals surface area contributed by atoms with E-state index in [-0.39, 0.29) is 22.2 Å². The van der Waals surface area contributed by atoms with Gasteiger partial charge in [0.05, 0.1) is 15.5 Å². The van der Waals surface area contributed by atoms with E-state index in [1.165, 1.54) is 18.2 Å². The SMILES string of the molecule is O=C(c1ccccc1)N1CCCc2ccc(NS(=O)(=O)c3cccc([N+](=O)[O-])c3)cc21. The zero-order valence-corrected chi connectivity index (χ0v) is 17.2. The predicted octanol–water partition coefficient (Wildman–Crippen LogP) is 3.99. The summed E-state index contributed by atoms with van der Waals surface area (Å²) in [6.07, 6.45) is 1.59. The Bertz CT molecular complexity index is 1260. The lowest BCUT2D eigenvalue weighted by Gasteiger charge is -2.30. The number of non-ortho nitro benzene ring substituents is 1. The lowest BCUT2D eigenvalue weighted by Crippen LogP contribution is -2.35. The van der Waals surface area contributed by atoms with Crippen molar-refractivity contribution in [2.45, 2.75) is 17.7 Å². The molecular weight excluding hydrogens is 418 g/mol. The van der Waals surface area contributed by atoms with Crippen molar-refractivity contribution in [2.75, 3.05) is 16.2 Å². The maximum atomic E-state index is 13.0. The van der Waals surface area contributed by atoms with Crippen LogP contribution in [0, 0.1) is 10.1 Å². The summed E-state index contributed by atoms with van der Waals surface area (Å²) in [5, 5.41) is 11.0. The third kappa shape index (κ3) is 4.26. The summed E-state index contributed by atoms with van der Waals surface area (Å²) in [6.45, 7) is 0.530. The molecule has 0 radical (unpaired) electrons. The van der Waals surface area contributed by atoms with Crippen molar-refractivity contribution in [3.05, 3.63) is 94.0 Å². The van der Waals surface area contributed by atoms with Crippen LogP contribution in [0.15, 0.2) is 77.7 Å². The van der Waals surface area contributed by atoms with Gasteiger partial charge in [0, 0.05) is 29.9 Å². The molecule has 0 aromatic heterocycles. The van der Waals surface area contributed by atoms with Gasteiger partial charge in [0.15, 0.2) is 0 Å². The van der Waals surface area contributed by atoms with Crippen molar-refractivity contribution in [1.82, 2.24) is 0 Å². The summed E-state index contributed by atoms with van der Waals surface area (Å²) < 4.78 is 28.0. The molecule has 0 aliphatic carbocycles. The van der Waals surface area contributed by atoms with Gasteiger partial charge in [-0.25, -0.2) is 8.42 Å². The Labute approximate surface area is 179 Å². The number of carbonyl (C=O) groups excluding carboxylic acids is 1. The number of aryl methyl sites for hydroxylation is 1. The van der Waals surface area contributed by atoms with E-state index in [1.54, 1.807) is 47.4 Å². The van der Waals surface area contributed by atoms with Gasteiger partial charge in [-0.05, 0) is 48.7 Å². The number of nitro benzene ring substituents is 1. The molecule has 8 nitrogen and oxygen atoms in total. The number of hydrogen-bond acceptors (Lipinski definition) is 5. The number of sulfonamides is 1. The molecule has 9 heteroatoms. The maximum absolute atomic E-state index is 13.0. The van der Waals surface area contributed by atoms with E-state index in [2.05, 4.69) is 4.72 Å². The second-order valence-electron chi connectivity index (χ2n) is 7.13. The molecule has 3 aromatic carbocycles. The number of rotatable bonds is 5. The number of benzene rings is 3. The molecule has 1 heterocycles. The first-order valence-electron chi connectivity index (χ1n) is 9.62. The highest BCUT2D eigenvalue weighted by Gasteiger charge is 2.25. The van der Waals surface area contributed by atoms with Crippen molar-refractivity contribution >= 4 is 33.0 Å². The van der Waals surface area contributed by atoms with E-state index >= 15 is 0 Å². The number of nitrogens with zero attached hydrogens (tertiary/aromatic N) is 2. The lowest BCUT2D eigenvalue weighted by molar-refractivity contribution is -0.385. The molecular formula is C22H19N3O5S. The average Bonchev–Trinajstić information content (AvgIpc) is 2.78. The van der Waals surface area contributed by atoms with Gasteiger partial charge in [-0.15, -0.1) is 0 Å². The van der Waals surface area contributed by atoms with E-state index in [9.17, 15) is 23.3 Å². The molecule has 0 fully saturated rings. The van der Waals surface area contributed by atoms with Crippen molar-refractivity contribution in [2.24, 2.45) is 0 Å². The van der Waals surface area contributed by atoms with Crippen LogP contribution in [0.25, 0.3) is 0 Å². The van der Waals surface area contributed by atoms with Gasteiger partial charge in [0.1, 0.15) is 0 Å². The zero-order valence-electron chi connectivity index (χ0n) is 16.4. The number of amides is 1. The minimum atomic E-state index is -4.04. The second-order valence-corrected chi connectivity index (χ2v) is 8.81. The Kier molecular flexibility index (Phi) is 5.43. The molecule has 0 saturated carbocycles. The fourth-order valence-corrected chi connectivity index (χ4v) is 4.65. The molecule has 0 unspecified atom stereocenters. The van der Waals surface area contributed by atoms with Crippen LogP contribution in [-0.2, 0) is 16.4 Å². The van der Waals surface area contributed by atoms with Gasteiger partial charge < -0.3 is 4.90 Å². The van der Waals surface area contributed by atoms with Gasteiger partial charge >= 0.3 is 0 Å². The van der Waals surface area contributed by atoms with Crippen LogP contribution < -0.4 is 9.62 Å². The van der Waals surface area contributed by atoms with Crippen molar-refractivity contribution in [3.8, 4) is 0 Å². The average molecular weight is 437 g/mol. The summed E-state index contributed by atoms with van der Waals surface area (Å²) in [6, 6.07) is 18.8. The van der Waals surface area contributed by atoms with Crippen LogP contribution in [0.1, 0.15) is 22.3 Å². The van der Waals surface area contributed by atoms with Crippen LogP contribution in [0.3, 0.4) is 0 Å². The molecule has 3 aromatic rings. The summed E-state index contributed by atoms with van der Waals surface area (Å²) in [7, 11) is -4.04. The van der Waals surface area contributed by atoms with Crippen LogP contribution in [0.5, 0.6) is 0 Å². The predicted molar refractivity (Wildman–Crippen MR) is 117 cm³/mol. The first-order valence-corrected chi connectivity index (χ1v) is 11.1. The monoisotopic (exact) mass is 437 g/mol. The molecule has 1 aliphatic rings. The standard InChI is InChI=1S/C22H19N3O5S/c26-22(17-6-2-1-3-7-17)24-13-5-8-16-11-12-18(14-21(16)24)23-31(29,30)20-10-4-9-19(15-20)25(27)28/h1-4,6-7,9-12,14-15,23H,5,8,13H2. The van der Waals surface area contributed by atoms with E-state index < -0.39 is 14.9 Å². The number of nitrogens with one attached hydrogen (secondary N) is 1. The largest absolute Gasteiger partial charge is 0.308 e. The molecule has 1 amide bonds. The molecule has 4 rings (SSSR count). The lowest BCUT2D eigenvalue weighted by atomic mass is 10.00. The van der Waals surface area contributed by atoms with E-state index in [0.717, 1.165) is 24.5 Å². The number of anilines is 2. The number of fused-ring (bicyclic) bond motifs is 1. The molecule has 0 saturated heterocycles. The fourth-order valence-electron chi connectivity index (χ4n) is 3.56. The normalized spacial score (nSPS) is 13.4. The number of carbonyl (C=O) groups is 1.